The number of nitrogens with two attached hydrogens (primary N) is 1. The second-order valence-electron chi connectivity index (χ2n) is 2.97. The van der Waals surface area contributed by atoms with E-state index in [0.29, 0.717) is 0 Å². The van der Waals surface area contributed by atoms with Gasteiger partial charge in [0.05, 0.1) is 0 Å². The molecule has 0 unspecified atom stereocenters. The van der Waals surface area contributed by atoms with Crippen LogP contribution in [0.5, 0.6) is 5.75 Å². The van der Waals surface area contributed by atoms with Crippen LogP contribution in [0, 0.1) is 5.82 Å². The Labute approximate surface area is 93.5 Å². The van der Waals surface area contributed by atoms with Crippen molar-refractivity contribution in [1.29, 1.82) is 0 Å². The first-order chi connectivity index (χ1) is 7.78. The average molecular weight is 249 g/mol. The van der Waals surface area contributed by atoms with E-state index >= 15 is 0 Å². The van der Waals surface area contributed by atoms with Gasteiger partial charge < -0.3 is 10.5 Å². The lowest BCUT2D eigenvalue weighted by molar-refractivity contribution is -0.275. The minimum Gasteiger partial charge on any atom is -0.403 e. The zero-order valence-corrected chi connectivity index (χ0v) is 8.29. The first-order valence-corrected chi connectivity index (χ1v) is 4.31. The molecule has 7 heteroatoms. The summed E-state index contributed by atoms with van der Waals surface area (Å²) in [4.78, 5) is 10.4. The number of carbonyl (C=O) groups excluding carboxylic acids is 1. The third kappa shape index (κ3) is 4.54. The average Bonchev–Trinajstić information content (AvgIpc) is 2.17. The molecule has 3 nitrogen and oxygen atoms in total. The fraction of sp³-hybridized carbons (Fsp3) is 0.100. The zero-order chi connectivity index (χ0) is 13.1. The van der Waals surface area contributed by atoms with Gasteiger partial charge in [-0.1, -0.05) is 6.07 Å². The molecule has 17 heavy (non-hydrogen) atoms. The molecule has 2 N–H and O–H groups in total. The van der Waals surface area contributed by atoms with Crippen LogP contribution in [0.1, 0.15) is 5.56 Å². The van der Waals surface area contributed by atoms with E-state index < -0.39 is 23.8 Å². The molecule has 0 aliphatic heterocycles. The highest BCUT2D eigenvalue weighted by atomic mass is 19.4. The van der Waals surface area contributed by atoms with Crippen molar-refractivity contribution in [2.75, 3.05) is 0 Å². The molecule has 1 aromatic rings. The number of amides is 1. The highest BCUT2D eigenvalue weighted by Crippen LogP contribution is 2.26. The van der Waals surface area contributed by atoms with E-state index in [1.54, 1.807) is 0 Å². The molecule has 0 fully saturated rings. The van der Waals surface area contributed by atoms with Gasteiger partial charge in [-0.05, 0) is 23.8 Å². The normalized spacial score (nSPS) is 11.8. The maximum absolute atomic E-state index is 13.1. The van der Waals surface area contributed by atoms with Crippen molar-refractivity contribution in [3.8, 4) is 5.75 Å². The highest BCUT2D eigenvalue weighted by Gasteiger charge is 2.32. The number of ether oxygens (including phenoxy) is 1. The molecule has 0 aliphatic rings. The lowest BCUT2D eigenvalue weighted by Crippen LogP contribution is -2.17. The predicted molar refractivity (Wildman–Crippen MR) is 51.3 cm³/mol. The first-order valence-electron chi connectivity index (χ1n) is 4.31. The maximum atomic E-state index is 13.1. The summed E-state index contributed by atoms with van der Waals surface area (Å²) in [6.45, 7) is 0. The van der Waals surface area contributed by atoms with Gasteiger partial charge in [0, 0.05) is 6.08 Å². The number of rotatable bonds is 3. The van der Waals surface area contributed by atoms with Gasteiger partial charge in [0.25, 0.3) is 0 Å². The van der Waals surface area contributed by atoms with Crippen LogP contribution >= 0.6 is 0 Å². The molecule has 0 saturated heterocycles. The summed E-state index contributed by atoms with van der Waals surface area (Å²) in [7, 11) is 0. The Balaban J connectivity index is 2.90. The van der Waals surface area contributed by atoms with Crippen LogP contribution in [0.4, 0.5) is 17.6 Å². The summed E-state index contributed by atoms with van der Waals surface area (Å²) >= 11 is 0. The van der Waals surface area contributed by atoms with Crippen LogP contribution in [-0.4, -0.2) is 12.3 Å². The number of hydrogen-bond donors (Lipinski definition) is 1. The van der Waals surface area contributed by atoms with Crippen LogP contribution in [0.3, 0.4) is 0 Å². The third-order valence-electron chi connectivity index (χ3n) is 1.62. The second-order valence-corrected chi connectivity index (χ2v) is 2.97. The van der Waals surface area contributed by atoms with Crippen molar-refractivity contribution in [2.45, 2.75) is 6.36 Å². The monoisotopic (exact) mass is 249 g/mol. The summed E-state index contributed by atoms with van der Waals surface area (Å²) in [5.74, 6) is -2.87. The quantitative estimate of drug-likeness (QED) is 0.659. The molecule has 1 amide bonds. The first kappa shape index (κ1) is 13.0. The molecule has 1 aromatic carbocycles. The minimum atomic E-state index is -4.95. The largest absolute Gasteiger partial charge is 0.573 e. The molecule has 0 spiro atoms. The molecule has 92 valence electrons. The summed E-state index contributed by atoms with van der Waals surface area (Å²) in [5.41, 5.74) is 4.99. The molecule has 0 saturated carbocycles. The number of primary amides is 1. The minimum absolute atomic E-state index is 0.191. The lowest BCUT2D eigenvalue weighted by Gasteiger charge is -2.09. The van der Waals surface area contributed by atoms with E-state index in [4.69, 9.17) is 5.73 Å². The Morgan fingerprint density at radius 2 is 2.00 bits per heavy atom. The summed E-state index contributed by atoms with van der Waals surface area (Å²) in [6.07, 6.45) is -2.83. The Kier molecular flexibility index (Phi) is 3.72. The van der Waals surface area contributed by atoms with Crippen LogP contribution in [-0.2, 0) is 4.79 Å². The van der Waals surface area contributed by atoms with Crippen LogP contribution in [0.15, 0.2) is 24.3 Å². The SMILES string of the molecule is NC(=O)C=Cc1ccc(OC(F)(F)F)c(F)c1. The molecule has 1 rings (SSSR count). The fourth-order valence-electron chi connectivity index (χ4n) is 1.01. The molecule has 0 aromatic heterocycles. The van der Waals surface area contributed by atoms with Gasteiger partial charge in [-0.2, -0.15) is 0 Å². The molecule has 0 bridgehead atoms. The Morgan fingerprint density at radius 1 is 1.35 bits per heavy atom. The number of hydrogen-bond acceptors (Lipinski definition) is 2. The summed E-state index contributed by atoms with van der Waals surface area (Å²) in [5, 5.41) is 0. The van der Waals surface area contributed by atoms with Gasteiger partial charge in [-0.15, -0.1) is 13.2 Å². The molecule has 0 heterocycles. The molecule has 0 radical (unpaired) electrons. The van der Waals surface area contributed by atoms with Crippen LogP contribution in [0.2, 0.25) is 0 Å². The Morgan fingerprint density at radius 3 is 2.47 bits per heavy atom. The van der Waals surface area contributed by atoms with E-state index in [1.165, 1.54) is 6.08 Å². The standard InChI is InChI=1S/C10H7F4NO2/c11-7-5-6(2-4-9(15)16)1-3-8(7)17-10(12,13)14/h1-5H,(H2,15,16). The summed E-state index contributed by atoms with van der Waals surface area (Å²) in [6, 6.07) is 2.76. The lowest BCUT2D eigenvalue weighted by atomic mass is 10.2. The van der Waals surface area contributed by atoms with Gasteiger partial charge in [0.15, 0.2) is 11.6 Å². The smallest absolute Gasteiger partial charge is 0.403 e. The predicted octanol–water partition coefficient (Wildman–Crippen LogP) is 2.22. The van der Waals surface area contributed by atoms with Crippen molar-refractivity contribution < 1.29 is 27.1 Å². The Bertz CT molecular complexity index is 454. The number of carbonyl (C=O) groups is 1. The topological polar surface area (TPSA) is 52.3 Å². The molecular formula is C10H7F4NO2. The maximum Gasteiger partial charge on any atom is 0.573 e. The van der Waals surface area contributed by atoms with Gasteiger partial charge in [-0.3, -0.25) is 4.79 Å². The number of alkyl halides is 3. The van der Waals surface area contributed by atoms with Gasteiger partial charge in [-0.25, -0.2) is 4.39 Å². The van der Waals surface area contributed by atoms with Crippen molar-refractivity contribution >= 4 is 12.0 Å². The van der Waals surface area contributed by atoms with E-state index in [0.717, 1.165) is 24.3 Å². The van der Waals surface area contributed by atoms with Gasteiger partial charge in [0.2, 0.25) is 5.91 Å². The van der Waals surface area contributed by atoms with Crippen molar-refractivity contribution in [1.82, 2.24) is 0 Å². The van der Waals surface area contributed by atoms with E-state index in [1.807, 2.05) is 0 Å². The highest BCUT2D eigenvalue weighted by molar-refractivity contribution is 5.90. The summed E-state index contributed by atoms with van der Waals surface area (Å²) < 4.78 is 52.0. The number of halogens is 4. The fourth-order valence-corrected chi connectivity index (χ4v) is 1.01. The number of benzene rings is 1. The van der Waals surface area contributed by atoms with E-state index in [9.17, 15) is 22.4 Å². The third-order valence-corrected chi connectivity index (χ3v) is 1.62. The molecule has 0 atom stereocenters. The van der Waals surface area contributed by atoms with Crippen LogP contribution < -0.4 is 10.5 Å². The van der Waals surface area contributed by atoms with Crippen LogP contribution in [0.25, 0.3) is 6.08 Å². The van der Waals surface area contributed by atoms with Crippen molar-refractivity contribution in [2.24, 2.45) is 5.73 Å². The zero-order valence-electron chi connectivity index (χ0n) is 8.29. The molecular weight excluding hydrogens is 242 g/mol. The van der Waals surface area contributed by atoms with Gasteiger partial charge >= 0.3 is 6.36 Å². The van der Waals surface area contributed by atoms with Crippen molar-refractivity contribution in [3.63, 3.8) is 0 Å². The van der Waals surface area contributed by atoms with E-state index in [-0.39, 0.29) is 5.56 Å². The van der Waals surface area contributed by atoms with Crippen molar-refractivity contribution in [3.05, 3.63) is 35.7 Å². The second kappa shape index (κ2) is 4.86. The Hall–Kier alpha value is -2.05. The molecule has 0 aliphatic carbocycles. The van der Waals surface area contributed by atoms with Gasteiger partial charge in [0.1, 0.15) is 0 Å². The van der Waals surface area contributed by atoms with E-state index in [2.05, 4.69) is 4.74 Å².